The number of carbonyl (C=O) groups is 1. The van der Waals surface area contributed by atoms with E-state index in [1.54, 1.807) is 6.07 Å². The van der Waals surface area contributed by atoms with Gasteiger partial charge < -0.3 is 9.80 Å². The largest absolute Gasteiger partial charge is 0.352 e. The summed E-state index contributed by atoms with van der Waals surface area (Å²) in [5.74, 6) is 0.907. The first-order valence-corrected chi connectivity index (χ1v) is 15.9. The van der Waals surface area contributed by atoms with Gasteiger partial charge >= 0.3 is 0 Å². The second-order valence-electron chi connectivity index (χ2n) is 10.9. The first-order chi connectivity index (χ1) is 20.2. The maximum Gasteiger partial charge on any atom is 0.291 e. The number of alkyl halides is 2. The van der Waals surface area contributed by atoms with Crippen molar-refractivity contribution in [1.82, 2.24) is 34.4 Å². The SMILES string of the molecule is N#CC1(NS(=O)(=O)c2ccc3c4c(N5CCN(C(=O)C6CCC6)CC5)ncnc4n(-c4nnc(C(F)F)s4)c3c2)CC1. The molecule has 0 atom stereocenters. The zero-order valence-electron chi connectivity index (χ0n) is 22.2. The first kappa shape index (κ1) is 27.0. The number of anilines is 1. The third-order valence-electron chi connectivity index (χ3n) is 8.26. The van der Waals surface area contributed by atoms with Crippen molar-refractivity contribution in [2.45, 2.75) is 49.0 Å². The van der Waals surface area contributed by atoms with Gasteiger partial charge in [-0.2, -0.15) is 9.98 Å². The quantitative estimate of drug-likeness (QED) is 0.332. The Morgan fingerprint density at radius 2 is 1.90 bits per heavy atom. The van der Waals surface area contributed by atoms with Crippen LogP contribution in [0.25, 0.3) is 27.1 Å². The summed E-state index contributed by atoms with van der Waals surface area (Å²) in [4.78, 5) is 25.7. The summed E-state index contributed by atoms with van der Waals surface area (Å²) in [6.45, 7) is 2.17. The summed E-state index contributed by atoms with van der Waals surface area (Å²) < 4.78 is 57.4. The predicted octanol–water partition coefficient (Wildman–Crippen LogP) is 3.15. The summed E-state index contributed by atoms with van der Waals surface area (Å²) in [5.41, 5.74) is -0.391. The van der Waals surface area contributed by atoms with E-state index in [-0.39, 0.29) is 21.9 Å². The molecule has 3 aromatic heterocycles. The van der Waals surface area contributed by atoms with Crippen LogP contribution in [0.4, 0.5) is 14.6 Å². The summed E-state index contributed by atoms with van der Waals surface area (Å²) in [6, 6.07) is 6.52. The van der Waals surface area contributed by atoms with E-state index in [1.807, 2.05) is 11.0 Å². The number of aromatic nitrogens is 5. The molecule has 2 aliphatic carbocycles. The summed E-state index contributed by atoms with van der Waals surface area (Å²) in [5, 5.41) is 17.9. The smallest absolute Gasteiger partial charge is 0.291 e. The van der Waals surface area contributed by atoms with Crippen LogP contribution in [0.15, 0.2) is 29.4 Å². The van der Waals surface area contributed by atoms with Crippen molar-refractivity contribution in [1.29, 1.82) is 5.26 Å². The lowest BCUT2D eigenvalue weighted by Gasteiger charge is -2.38. The maximum atomic E-state index is 13.5. The van der Waals surface area contributed by atoms with Gasteiger partial charge in [0, 0.05) is 37.5 Å². The number of fused-ring (bicyclic) bond motifs is 3. The lowest BCUT2D eigenvalue weighted by molar-refractivity contribution is -0.138. The van der Waals surface area contributed by atoms with Gasteiger partial charge in [-0.1, -0.05) is 23.8 Å². The minimum Gasteiger partial charge on any atom is -0.352 e. The van der Waals surface area contributed by atoms with E-state index in [0.717, 1.165) is 19.3 Å². The minimum atomic E-state index is -4.08. The van der Waals surface area contributed by atoms with E-state index in [9.17, 15) is 27.3 Å². The number of nitrogens with one attached hydrogen (secondary N) is 1. The Balaban J connectivity index is 1.33. The zero-order chi connectivity index (χ0) is 29.2. The molecule has 3 aliphatic rings. The average Bonchev–Trinajstić information content (AvgIpc) is 3.39. The highest BCUT2D eigenvalue weighted by Gasteiger charge is 2.47. The fraction of sp³-hybridized carbons (Fsp3) is 0.462. The number of carbonyl (C=O) groups excluding carboxylic acids is 1. The van der Waals surface area contributed by atoms with Gasteiger partial charge in [0.05, 0.1) is 21.9 Å². The van der Waals surface area contributed by atoms with E-state index in [4.69, 9.17) is 0 Å². The summed E-state index contributed by atoms with van der Waals surface area (Å²) >= 11 is 0.685. The molecule has 1 N–H and O–H groups in total. The van der Waals surface area contributed by atoms with Gasteiger partial charge in [-0.25, -0.2) is 27.2 Å². The maximum absolute atomic E-state index is 13.5. The van der Waals surface area contributed by atoms with Crippen LogP contribution in [-0.2, 0) is 14.8 Å². The van der Waals surface area contributed by atoms with Gasteiger partial charge in [0.1, 0.15) is 17.7 Å². The molecule has 7 rings (SSSR count). The summed E-state index contributed by atoms with van der Waals surface area (Å²) in [6.07, 6.45) is 2.36. The van der Waals surface area contributed by atoms with Gasteiger partial charge in [0.15, 0.2) is 10.7 Å². The van der Waals surface area contributed by atoms with Crippen LogP contribution in [0.2, 0.25) is 0 Å². The molecule has 1 amide bonds. The van der Waals surface area contributed by atoms with Gasteiger partial charge in [-0.3, -0.25) is 9.36 Å². The lowest BCUT2D eigenvalue weighted by atomic mass is 9.84. The third-order valence-corrected chi connectivity index (χ3v) is 10.7. The Hall–Kier alpha value is -3.81. The topological polar surface area (TPSA) is 150 Å². The molecule has 12 nitrogen and oxygen atoms in total. The molecule has 1 aliphatic heterocycles. The lowest BCUT2D eigenvalue weighted by Crippen LogP contribution is -2.51. The molecule has 0 bridgehead atoms. The van der Waals surface area contributed by atoms with Gasteiger partial charge in [0.25, 0.3) is 6.43 Å². The van der Waals surface area contributed by atoms with Gasteiger partial charge in [0.2, 0.25) is 21.1 Å². The standard InChI is InChI=1S/C26H25F2N9O3S2/c27-20(28)23-32-33-25(41-23)37-18-12-16(42(39,40)34-26(13-29)6-7-26)4-5-17(18)19-21(30-14-31-22(19)37)35-8-10-36(11-9-35)24(38)15-2-1-3-15/h4-5,12,14-15,20,34H,1-3,6-11H2. The molecule has 1 aromatic carbocycles. The number of nitrogens with zero attached hydrogens (tertiary/aromatic N) is 8. The highest BCUT2D eigenvalue weighted by atomic mass is 32.2. The van der Waals surface area contributed by atoms with Crippen LogP contribution in [-0.4, -0.2) is 75.7 Å². The van der Waals surface area contributed by atoms with E-state index in [0.29, 0.717) is 78.1 Å². The molecule has 4 aromatic rings. The van der Waals surface area contributed by atoms with Gasteiger partial charge in [-0.05, 0) is 37.8 Å². The molecule has 2 saturated carbocycles. The number of benzene rings is 1. The molecule has 16 heteroatoms. The number of hydrogen-bond donors (Lipinski definition) is 1. The van der Waals surface area contributed by atoms with Crippen LogP contribution in [0.1, 0.15) is 43.5 Å². The van der Waals surface area contributed by atoms with Crippen molar-refractivity contribution in [2.75, 3.05) is 31.1 Å². The number of amides is 1. The molecular formula is C26H25F2N9O3S2. The van der Waals surface area contributed by atoms with Crippen molar-refractivity contribution in [3.63, 3.8) is 0 Å². The number of hydrogen-bond acceptors (Lipinski definition) is 10. The number of sulfonamides is 1. The molecule has 42 heavy (non-hydrogen) atoms. The van der Waals surface area contributed by atoms with Crippen molar-refractivity contribution in [3.05, 3.63) is 29.5 Å². The minimum absolute atomic E-state index is 0.0863. The zero-order valence-corrected chi connectivity index (χ0v) is 23.8. The number of rotatable bonds is 7. The third kappa shape index (κ3) is 4.46. The van der Waals surface area contributed by atoms with E-state index < -0.39 is 27.0 Å². The van der Waals surface area contributed by atoms with Crippen LogP contribution >= 0.6 is 11.3 Å². The Morgan fingerprint density at radius 1 is 1.14 bits per heavy atom. The van der Waals surface area contributed by atoms with Crippen molar-refractivity contribution in [3.8, 4) is 11.2 Å². The van der Waals surface area contributed by atoms with Crippen LogP contribution in [0.3, 0.4) is 0 Å². The number of halogens is 2. The van der Waals surface area contributed by atoms with Crippen LogP contribution in [0.5, 0.6) is 0 Å². The molecular weight excluding hydrogens is 588 g/mol. The summed E-state index contributed by atoms with van der Waals surface area (Å²) in [7, 11) is -4.08. The molecule has 3 fully saturated rings. The molecule has 1 saturated heterocycles. The molecule has 0 unspecified atom stereocenters. The Morgan fingerprint density at radius 3 is 2.52 bits per heavy atom. The molecule has 0 radical (unpaired) electrons. The van der Waals surface area contributed by atoms with Gasteiger partial charge in [-0.15, -0.1) is 10.2 Å². The molecule has 0 spiro atoms. The highest BCUT2D eigenvalue weighted by molar-refractivity contribution is 7.89. The monoisotopic (exact) mass is 613 g/mol. The fourth-order valence-electron chi connectivity index (χ4n) is 5.54. The Kier molecular flexibility index (Phi) is 6.37. The van der Waals surface area contributed by atoms with Crippen LogP contribution < -0.4 is 9.62 Å². The van der Waals surface area contributed by atoms with Crippen molar-refractivity contribution >= 4 is 55.0 Å². The average molecular weight is 614 g/mol. The van der Waals surface area contributed by atoms with E-state index in [2.05, 4.69) is 29.8 Å². The Bertz CT molecular complexity index is 1870. The van der Waals surface area contributed by atoms with E-state index >= 15 is 0 Å². The fourth-order valence-corrected chi connectivity index (χ4v) is 7.65. The molecule has 218 valence electrons. The predicted molar refractivity (Wildman–Crippen MR) is 149 cm³/mol. The normalized spacial score (nSPS) is 18.9. The van der Waals surface area contributed by atoms with Crippen LogP contribution in [0, 0.1) is 17.2 Å². The second-order valence-corrected chi connectivity index (χ2v) is 13.5. The van der Waals surface area contributed by atoms with E-state index in [1.165, 1.54) is 23.0 Å². The first-order valence-electron chi connectivity index (χ1n) is 13.6. The Labute approximate surface area is 243 Å². The highest BCUT2D eigenvalue weighted by Crippen LogP contribution is 2.40. The number of nitriles is 1. The van der Waals surface area contributed by atoms with Crippen molar-refractivity contribution in [2.24, 2.45) is 5.92 Å². The number of piperazine rings is 1. The second kappa shape index (κ2) is 9.89. The van der Waals surface area contributed by atoms with Crippen molar-refractivity contribution < 1.29 is 22.0 Å². The molecule has 4 heterocycles.